The molecule has 2 N–H and O–H groups in total. The summed E-state index contributed by atoms with van der Waals surface area (Å²) in [5.74, 6) is -0.296. The SMILES string of the molecule is CC(=O)N[C@H](C(=O)NCCc1ccc(Cl)cc1)C(C)C. The second kappa shape index (κ2) is 7.90. The van der Waals surface area contributed by atoms with Crippen molar-refractivity contribution in [1.29, 1.82) is 0 Å². The normalized spacial score (nSPS) is 12.1. The molecule has 2 amide bonds. The first-order valence-corrected chi connectivity index (χ1v) is 7.07. The first-order chi connectivity index (χ1) is 9.40. The molecule has 4 nitrogen and oxygen atoms in total. The summed E-state index contributed by atoms with van der Waals surface area (Å²) in [6.45, 7) is 5.75. The van der Waals surface area contributed by atoms with E-state index in [2.05, 4.69) is 10.6 Å². The zero-order chi connectivity index (χ0) is 15.1. The maximum Gasteiger partial charge on any atom is 0.242 e. The van der Waals surface area contributed by atoms with Crippen molar-refractivity contribution in [3.05, 3.63) is 34.9 Å². The van der Waals surface area contributed by atoms with Crippen LogP contribution in [0.3, 0.4) is 0 Å². The van der Waals surface area contributed by atoms with Crippen LogP contribution in [0.1, 0.15) is 26.3 Å². The zero-order valence-electron chi connectivity index (χ0n) is 12.1. The second-order valence-electron chi connectivity index (χ2n) is 5.09. The van der Waals surface area contributed by atoms with E-state index >= 15 is 0 Å². The Bertz CT molecular complexity index is 457. The number of benzene rings is 1. The van der Waals surface area contributed by atoms with Crippen LogP contribution in [-0.4, -0.2) is 24.4 Å². The number of carbonyl (C=O) groups excluding carboxylic acids is 2. The van der Waals surface area contributed by atoms with Crippen molar-refractivity contribution in [3.8, 4) is 0 Å². The van der Waals surface area contributed by atoms with E-state index in [0.29, 0.717) is 11.6 Å². The lowest BCUT2D eigenvalue weighted by molar-refractivity contribution is -0.129. The lowest BCUT2D eigenvalue weighted by Crippen LogP contribution is -2.49. The third kappa shape index (κ3) is 5.61. The van der Waals surface area contributed by atoms with Crippen LogP contribution in [0.25, 0.3) is 0 Å². The minimum Gasteiger partial charge on any atom is -0.354 e. The number of halogens is 1. The number of hydrogen-bond acceptors (Lipinski definition) is 2. The summed E-state index contributed by atoms with van der Waals surface area (Å²) in [4.78, 5) is 23.1. The van der Waals surface area contributed by atoms with Crippen LogP contribution in [-0.2, 0) is 16.0 Å². The van der Waals surface area contributed by atoms with Crippen molar-refractivity contribution in [2.45, 2.75) is 33.2 Å². The van der Waals surface area contributed by atoms with E-state index in [1.54, 1.807) is 0 Å². The average Bonchev–Trinajstić information content (AvgIpc) is 2.37. The van der Waals surface area contributed by atoms with E-state index in [0.717, 1.165) is 12.0 Å². The monoisotopic (exact) mass is 296 g/mol. The highest BCUT2D eigenvalue weighted by Crippen LogP contribution is 2.09. The third-order valence-electron chi connectivity index (χ3n) is 2.93. The Morgan fingerprint density at radius 2 is 1.80 bits per heavy atom. The van der Waals surface area contributed by atoms with Crippen molar-refractivity contribution in [2.75, 3.05) is 6.54 Å². The largest absolute Gasteiger partial charge is 0.354 e. The van der Waals surface area contributed by atoms with Crippen LogP contribution in [0.2, 0.25) is 5.02 Å². The quantitative estimate of drug-likeness (QED) is 0.845. The minimum atomic E-state index is -0.488. The Kier molecular flexibility index (Phi) is 6.52. The van der Waals surface area contributed by atoms with E-state index in [1.807, 2.05) is 38.1 Å². The zero-order valence-corrected chi connectivity index (χ0v) is 12.8. The molecule has 0 fully saturated rings. The fourth-order valence-electron chi connectivity index (χ4n) is 1.85. The summed E-state index contributed by atoms with van der Waals surface area (Å²) in [7, 11) is 0. The molecule has 0 saturated heterocycles. The van der Waals surface area contributed by atoms with Gasteiger partial charge in [-0.25, -0.2) is 0 Å². The van der Waals surface area contributed by atoms with Crippen LogP contribution in [0.5, 0.6) is 0 Å². The Balaban J connectivity index is 2.44. The number of rotatable bonds is 6. The molecule has 0 aliphatic carbocycles. The van der Waals surface area contributed by atoms with Crippen molar-refractivity contribution in [1.82, 2.24) is 10.6 Å². The molecule has 1 aromatic carbocycles. The molecule has 5 heteroatoms. The summed E-state index contributed by atoms with van der Waals surface area (Å²) >= 11 is 5.81. The average molecular weight is 297 g/mol. The lowest BCUT2D eigenvalue weighted by atomic mass is 10.0. The van der Waals surface area contributed by atoms with E-state index in [9.17, 15) is 9.59 Å². The van der Waals surface area contributed by atoms with Crippen molar-refractivity contribution in [2.24, 2.45) is 5.92 Å². The molecular weight excluding hydrogens is 276 g/mol. The fourth-order valence-corrected chi connectivity index (χ4v) is 1.97. The van der Waals surface area contributed by atoms with Crippen LogP contribution in [0.15, 0.2) is 24.3 Å². The smallest absolute Gasteiger partial charge is 0.242 e. The van der Waals surface area contributed by atoms with Gasteiger partial charge in [0.1, 0.15) is 6.04 Å². The van der Waals surface area contributed by atoms with Gasteiger partial charge in [-0.15, -0.1) is 0 Å². The van der Waals surface area contributed by atoms with Gasteiger partial charge in [-0.3, -0.25) is 9.59 Å². The minimum absolute atomic E-state index is 0.0504. The molecule has 0 saturated carbocycles. The molecule has 0 radical (unpaired) electrons. The van der Waals surface area contributed by atoms with Crippen LogP contribution >= 0.6 is 11.6 Å². The third-order valence-corrected chi connectivity index (χ3v) is 3.19. The highest BCUT2D eigenvalue weighted by molar-refractivity contribution is 6.30. The van der Waals surface area contributed by atoms with Gasteiger partial charge in [-0.2, -0.15) is 0 Å². The topological polar surface area (TPSA) is 58.2 Å². The van der Waals surface area contributed by atoms with Gasteiger partial charge >= 0.3 is 0 Å². The summed E-state index contributed by atoms with van der Waals surface area (Å²) in [6, 6.07) is 7.03. The van der Waals surface area contributed by atoms with Crippen molar-refractivity contribution < 1.29 is 9.59 Å². The highest BCUT2D eigenvalue weighted by Gasteiger charge is 2.22. The summed E-state index contributed by atoms with van der Waals surface area (Å²) in [5.41, 5.74) is 1.11. The van der Waals surface area contributed by atoms with Gasteiger partial charge in [0.15, 0.2) is 0 Å². The first kappa shape index (κ1) is 16.5. The molecule has 1 aromatic rings. The first-order valence-electron chi connectivity index (χ1n) is 6.69. The van der Waals surface area contributed by atoms with Gasteiger partial charge in [-0.1, -0.05) is 37.6 Å². The maximum atomic E-state index is 12.0. The van der Waals surface area contributed by atoms with Gasteiger partial charge in [0.25, 0.3) is 0 Å². The van der Waals surface area contributed by atoms with Crippen LogP contribution < -0.4 is 10.6 Å². The molecule has 0 aliphatic heterocycles. The molecule has 20 heavy (non-hydrogen) atoms. The number of amides is 2. The van der Waals surface area contributed by atoms with Gasteiger partial charge < -0.3 is 10.6 Å². The van der Waals surface area contributed by atoms with E-state index in [-0.39, 0.29) is 17.7 Å². The number of carbonyl (C=O) groups is 2. The Hall–Kier alpha value is -1.55. The Morgan fingerprint density at radius 3 is 2.30 bits per heavy atom. The molecule has 110 valence electrons. The highest BCUT2D eigenvalue weighted by atomic mass is 35.5. The lowest BCUT2D eigenvalue weighted by Gasteiger charge is -2.20. The Morgan fingerprint density at radius 1 is 1.20 bits per heavy atom. The molecule has 0 aliphatic rings. The Labute approximate surface area is 124 Å². The van der Waals surface area contributed by atoms with Crippen molar-refractivity contribution >= 4 is 23.4 Å². The molecule has 1 atom stereocenters. The summed E-state index contributed by atoms with van der Waals surface area (Å²) < 4.78 is 0. The van der Waals surface area contributed by atoms with Gasteiger partial charge in [0.2, 0.25) is 11.8 Å². The van der Waals surface area contributed by atoms with Gasteiger partial charge in [0.05, 0.1) is 0 Å². The summed E-state index contributed by atoms with van der Waals surface area (Å²) in [5, 5.41) is 6.21. The number of hydrogen-bond donors (Lipinski definition) is 2. The molecule has 0 aromatic heterocycles. The molecule has 0 heterocycles. The van der Waals surface area contributed by atoms with E-state index in [1.165, 1.54) is 6.92 Å². The van der Waals surface area contributed by atoms with Gasteiger partial charge in [-0.05, 0) is 30.0 Å². The van der Waals surface area contributed by atoms with E-state index in [4.69, 9.17) is 11.6 Å². The molecule has 0 bridgehead atoms. The maximum absolute atomic E-state index is 12.0. The molecule has 0 unspecified atom stereocenters. The predicted octanol–water partition coefficient (Wildman–Crippen LogP) is 2.16. The fraction of sp³-hybridized carbons (Fsp3) is 0.467. The van der Waals surface area contributed by atoms with Gasteiger partial charge in [0, 0.05) is 18.5 Å². The van der Waals surface area contributed by atoms with Crippen molar-refractivity contribution in [3.63, 3.8) is 0 Å². The van der Waals surface area contributed by atoms with Crippen LogP contribution in [0, 0.1) is 5.92 Å². The predicted molar refractivity (Wildman–Crippen MR) is 80.6 cm³/mol. The molecule has 0 spiro atoms. The molecular formula is C15H21ClN2O2. The number of nitrogens with one attached hydrogen (secondary N) is 2. The standard InChI is InChI=1S/C15H21ClN2O2/c1-10(2)14(18-11(3)19)15(20)17-9-8-12-4-6-13(16)7-5-12/h4-7,10,14H,8-9H2,1-3H3,(H,17,20)(H,18,19)/t14-/m0/s1. The second-order valence-corrected chi connectivity index (χ2v) is 5.53. The molecule has 1 rings (SSSR count). The van der Waals surface area contributed by atoms with Crippen LogP contribution in [0.4, 0.5) is 0 Å². The van der Waals surface area contributed by atoms with E-state index < -0.39 is 6.04 Å². The summed E-state index contributed by atoms with van der Waals surface area (Å²) in [6.07, 6.45) is 0.730.